The van der Waals surface area contributed by atoms with Crippen LogP contribution in [0.2, 0.25) is 0 Å². The van der Waals surface area contributed by atoms with Gasteiger partial charge in [0.25, 0.3) is 0 Å². The lowest BCUT2D eigenvalue weighted by atomic mass is 9.91. The molecular formula is C30H33BrF2N2O4. The summed E-state index contributed by atoms with van der Waals surface area (Å²) in [6, 6.07) is 5.85. The van der Waals surface area contributed by atoms with Crippen LogP contribution in [-0.4, -0.2) is 42.9 Å². The van der Waals surface area contributed by atoms with Gasteiger partial charge in [-0.15, -0.1) is 0 Å². The Morgan fingerprint density at radius 3 is 2.38 bits per heavy atom. The molecule has 9 heteroatoms. The van der Waals surface area contributed by atoms with Crippen molar-refractivity contribution in [2.75, 3.05) is 13.7 Å². The zero-order valence-electron chi connectivity index (χ0n) is 22.7. The van der Waals surface area contributed by atoms with Gasteiger partial charge in [0.2, 0.25) is 12.3 Å². The second kappa shape index (κ2) is 14.5. The van der Waals surface area contributed by atoms with Gasteiger partial charge in [0, 0.05) is 18.2 Å². The number of allylic oxidation sites excluding steroid dienone is 2. The topological polar surface area (TPSA) is 75.7 Å². The van der Waals surface area contributed by atoms with E-state index >= 15 is 8.78 Å². The monoisotopic (exact) mass is 602 g/mol. The first kappa shape index (κ1) is 31.6. The van der Waals surface area contributed by atoms with Gasteiger partial charge in [-0.05, 0) is 66.6 Å². The fourth-order valence-corrected chi connectivity index (χ4v) is 4.89. The fraction of sp³-hybridized carbons (Fsp3) is 0.300. The van der Waals surface area contributed by atoms with Crippen LogP contribution < -0.4 is 5.32 Å². The molecule has 2 aromatic carbocycles. The first-order valence-electron chi connectivity index (χ1n) is 12.3. The van der Waals surface area contributed by atoms with Crippen LogP contribution in [0, 0.1) is 25.5 Å². The van der Waals surface area contributed by atoms with E-state index in [1.54, 1.807) is 51.1 Å². The van der Waals surface area contributed by atoms with Crippen molar-refractivity contribution in [1.82, 2.24) is 10.2 Å². The van der Waals surface area contributed by atoms with Crippen LogP contribution in [0.1, 0.15) is 43.0 Å². The zero-order chi connectivity index (χ0) is 29.3. The van der Waals surface area contributed by atoms with Gasteiger partial charge in [0.15, 0.2) is 0 Å². The largest absolute Gasteiger partial charge is 0.466 e. The van der Waals surface area contributed by atoms with Crippen molar-refractivity contribution in [3.8, 4) is 11.1 Å². The molecule has 0 aliphatic rings. The highest BCUT2D eigenvalue weighted by atomic mass is 79.9. The molecule has 0 radical (unpaired) electrons. The normalized spacial score (nSPS) is 13.3. The molecule has 1 N–H and O–H groups in total. The Kier molecular flexibility index (Phi) is 11.8. The van der Waals surface area contributed by atoms with Crippen LogP contribution >= 0.6 is 15.9 Å². The van der Waals surface area contributed by atoms with Crippen molar-refractivity contribution in [2.45, 2.75) is 46.2 Å². The van der Waals surface area contributed by atoms with Crippen molar-refractivity contribution in [1.29, 1.82) is 0 Å². The predicted molar refractivity (Wildman–Crippen MR) is 152 cm³/mol. The molecule has 2 aromatic rings. The van der Waals surface area contributed by atoms with E-state index in [1.807, 2.05) is 0 Å². The van der Waals surface area contributed by atoms with E-state index in [9.17, 15) is 14.4 Å². The van der Waals surface area contributed by atoms with Crippen molar-refractivity contribution in [2.24, 2.45) is 0 Å². The molecule has 0 aliphatic carbocycles. The highest BCUT2D eigenvalue weighted by Gasteiger charge is 2.33. The average molecular weight is 604 g/mol. The van der Waals surface area contributed by atoms with Gasteiger partial charge >= 0.3 is 5.97 Å². The third-order valence-electron chi connectivity index (χ3n) is 6.25. The number of carbonyl (C=O) groups is 3. The van der Waals surface area contributed by atoms with E-state index in [2.05, 4.69) is 27.8 Å². The maximum absolute atomic E-state index is 16.1. The summed E-state index contributed by atoms with van der Waals surface area (Å²) in [7, 11) is 1.40. The number of amides is 2. The minimum atomic E-state index is -1.43. The third-order valence-corrected chi connectivity index (χ3v) is 6.74. The molecule has 0 saturated carbocycles. The number of nitrogens with zero attached hydrogens (tertiary/aromatic N) is 1. The minimum Gasteiger partial charge on any atom is -0.466 e. The molecule has 0 bridgehead atoms. The van der Waals surface area contributed by atoms with E-state index in [4.69, 9.17) is 4.74 Å². The van der Waals surface area contributed by atoms with Gasteiger partial charge in [-0.2, -0.15) is 0 Å². The lowest BCUT2D eigenvalue weighted by Crippen LogP contribution is -2.47. The quantitative estimate of drug-likeness (QED) is 0.178. The Labute approximate surface area is 236 Å². The molecule has 208 valence electrons. The molecule has 0 aromatic heterocycles. The number of hydrogen-bond acceptors (Lipinski definition) is 4. The number of likely N-dealkylation sites (N-methyl/N-ethyl adjacent to an activating group) is 1. The summed E-state index contributed by atoms with van der Waals surface area (Å²) in [6.45, 7) is 10.3. The summed E-state index contributed by atoms with van der Waals surface area (Å²) in [5.41, 5.74) is 2.15. The van der Waals surface area contributed by atoms with Crippen LogP contribution in [0.5, 0.6) is 0 Å². The minimum absolute atomic E-state index is 0.0469. The molecule has 2 amide bonds. The molecule has 0 aliphatic heterocycles. The van der Waals surface area contributed by atoms with E-state index < -0.39 is 47.6 Å². The van der Waals surface area contributed by atoms with E-state index in [1.165, 1.54) is 31.1 Å². The Bertz CT molecular complexity index is 1310. The average Bonchev–Trinajstić information content (AvgIpc) is 2.89. The molecule has 0 spiro atoms. The van der Waals surface area contributed by atoms with Crippen LogP contribution in [0.15, 0.2) is 65.2 Å². The van der Waals surface area contributed by atoms with Gasteiger partial charge in [0.05, 0.1) is 19.1 Å². The van der Waals surface area contributed by atoms with Crippen LogP contribution in [0.3, 0.4) is 0 Å². The molecule has 1 unspecified atom stereocenters. The van der Waals surface area contributed by atoms with Gasteiger partial charge < -0.3 is 15.0 Å². The summed E-state index contributed by atoms with van der Waals surface area (Å²) in [6.07, 6.45) is 3.11. The summed E-state index contributed by atoms with van der Waals surface area (Å²) in [5.74, 6) is -3.29. The molecule has 0 heterocycles. The van der Waals surface area contributed by atoms with Crippen LogP contribution in [0.4, 0.5) is 8.78 Å². The third kappa shape index (κ3) is 7.50. The Hall–Kier alpha value is -3.59. The first-order valence-corrected chi connectivity index (χ1v) is 13.2. The lowest BCUT2D eigenvalue weighted by Gasteiger charge is -2.29. The Balaban J connectivity index is 2.72. The van der Waals surface area contributed by atoms with Gasteiger partial charge in [-0.1, -0.05) is 58.9 Å². The van der Waals surface area contributed by atoms with Crippen LogP contribution in [0.25, 0.3) is 11.1 Å². The summed E-state index contributed by atoms with van der Waals surface area (Å²) >= 11 is 3.25. The smallest absolute Gasteiger partial charge is 0.308 e. The number of halogens is 3. The standard InChI is InChI=1S/C30H33BrF2N2O4/c1-7-11-18(3)23(16-31)29(35(6)17-36)30(38)34-24(15-25(37)39-8-2)26-27(32)20(5)14-22(28(26)33)21-13-10-9-12-19(21)4/h7,9-14,16-17,24,29H,1,8,15H2,2-6H3,(H,34,38)/b18-11-,23-16+/t24-,29?/m0/s1. The second-order valence-corrected chi connectivity index (χ2v) is 9.45. The maximum atomic E-state index is 16.1. The Morgan fingerprint density at radius 2 is 1.82 bits per heavy atom. The van der Waals surface area contributed by atoms with Crippen molar-refractivity contribution >= 4 is 34.2 Å². The number of esters is 1. The lowest BCUT2D eigenvalue weighted by molar-refractivity contribution is -0.144. The fourth-order valence-electron chi connectivity index (χ4n) is 4.28. The highest BCUT2D eigenvalue weighted by Crippen LogP contribution is 2.35. The first-order chi connectivity index (χ1) is 18.5. The number of benzene rings is 2. The van der Waals surface area contributed by atoms with Crippen molar-refractivity contribution < 1.29 is 27.9 Å². The van der Waals surface area contributed by atoms with E-state index in [0.29, 0.717) is 23.1 Å². The summed E-state index contributed by atoms with van der Waals surface area (Å²) in [5, 5.41) is 2.62. The summed E-state index contributed by atoms with van der Waals surface area (Å²) < 4.78 is 36.8. The number of ether oxygens (including phenoxy) is 1. The van der Waals surface area contributed by atoms with E-state index in [0.717, 1.165) is 10.5 Å². The molecule has 2 rings (SSSR count). The number of aryl methyl sites for hydroxylation is 2. The molecule has 6 nitrogen and oxygen atoms in total. The molecule has 2 atom stereocenters. The van der Waals surface area contributed by atoms with Gasteiger partial charge in [0.1, 0.15) is 17.7 Å². The van der Waals surface area contributed by atoms with E-state index in [-0.39, 0.29) is 17.7 Å². The van der Waals surface area contributed by atoms with Crippen molar-refractivity contribution in [3.05, 3.63) is 93.5 Å². The number of carbonyl (C=O) groups excluding carboxylic acids is 3. The van der Waals surface area contributed by atoms with Crippen molar-refractivity contribution in [3.63, 3.8) is 0 Å². The predicted octanol–water partition coefficient (Wildman–Crippen LogP) is 6.23. The van der Waals surface area contributed by atoms with Gasteiger partial charge in [-0.25, -0.2) is 8.78 Å². The molecule has 0 saturated heterocycles. The second-order valence-electron chi connectivity index (χ2n) is 8.99. The molecular weight excluding hydrogens is 570 g/mol. The number of rotatable bonds is 12. The van der Waals surface area contributed by atoms with Gasteiger partial charge in [-0.3, -0.25) is 14.4 Å². The number of nitrogens with one attached hydrogen (secondary N) is 1. The summed E-state index contributed by atoms with van der Waals surface area (Å²) in [4.78, 5) is 40.5. The molecule has 0 fully saturated rings. The zero-order valence-corrected chi connectivity index (χ0v) is 24.3. The highest BCUT2D eigenvalue weighted by molar-refractivity contribution is 9.11. The molecule has 39 heavy (non-hydrogen) atoms. The van der Waals surface area contributed by atoms with Crippen LogP contribution in [-0.2, 0) is 19.1 Å². The maximum Gasteiger partial charge on any atom is 0.308 e. The number of hydrogen-bond donors (Lipinski definition) is 1. The Morgan fingerprint density at radius 1 is 1.15 bits per heavy atom. The SMILES string of the molecule is C=C/C=C(C)\C(=C/Br)C(C(=O)N[C@@H](CC(=O)OCC)c1c(F)c(C)cc(-c2ccccc2C)c1F)N(C)C=O.